The Bertz CT molecular complexity index is 1400. The van der Waals surface area contributed by atoms with E-state index in [4.69, 9.17) is 4.98 Å². The Labute approximate surface area is 206 Å². The number of carbonyl (C=O) groups excluding carboxylic acids is 1. The van der Waals surface area contributed by atoms with E-state index < -0.39 is 0 Å². The first-order valence-electron chi connectivity index (χ1n) is 11.8. The van der Waals surface area contributed by atoms with Gasteiger partial charge in [0.2, 0.25) is 5.91 Å². The van der Waals surface area contributed by atoms with Crippen LogP contribution in [0.4, 0.5) is 4.39 Å². The highest BCUT2D eigenvalue weighted by atomic mass is 32.2. The van der Waals surface area contributed by atoms with Crippen LogP contribution in [-0.2, 0) is 11.3 Å². The van der Waals surface area contributed by atoms with Crippen LogP contribution < -0.4 is 5.56 Å². The van der Waals surface area contributed by atoms with Gasteiger partial charge in [-0.15, -0.1) is 0 Å². The fraction of sp³-hybridized carbons (Fsp3) is 0.308. The summed E-state index contributed by atoms with van der Waals surface area (Å²) in [4.78, 5) is 33.4. The molecule has 2 aromatic heterocycles. The molecule has 0 N–H and O–H groups in total. The summed E-state index contributed by atoms with van der Waals surface area (Å²) in [6.07, 6.45) is 3.67. The van der Waals surface area contributed by atoms with E-state index in [0.717, 1.165) is 18.4 Å². The van der Waals surface area contributed by atoms with Crippen molar-refractivity contribution < 1.29 is 9.18 Å². The number of nitrogens with zero attached hydrogens (tertiary/aromatic N) is 5. The molecular formula is C26H26FN5O2S. The summed E-state index contributed by atoms with van der Waals surface area (Å²) in [6.45, 7) is 3.36. The first-order chi connectivity index (χ1) is 17.0. The van der Waals surface area contributed by atoms with E-state index in [2.05, 4.69) is 12.0 Å². The third kappa shape index (κ3) is 4.73. The molecule has 0 saturated carbocycles. The molecule has 2 aromatic carbocycles. The summed E-state index contributed by atoms with van der Waals surface area (Å²) in [5.74, 6) is 0.301. The SMILES string of the molecule is CCCCN(Cc1ccccc1)C(=O)CC1CSc2nc3c(cnn3-c3ccc(F)cc3)c(=O)n21. The number of rotatable bonds is 8. The Balaban J connectivity index is 1.41. The molecule has 0 aliphatic carbocycles. The van der Waals surface area contributed by atoms with Crippen LogP contribution >= 0.6 is 11.8 Å². The van der Waals surface area contributed by atoms with Crippen LogP contribution in [0.2, 0.25) is 0 Å². The third-order valence-corrected chi connectivity index (χ3v) is 7.30. The van der Waals surface area contributed by atoms with E-state index in [0.29, 0.717) is 40.7 Å². The second-order valence-electron chi connectivity index (χ2n) is 8.66. The van der Waals surface area contributed by atoms with E-state index in [1.165, 1.54) is 30.1 Å². The lowest BCUT2D eigenvalue weighted by molar-refractivity contribution is -0.132. The number of benzene rings is 2. The zero-order chi connectivity index (χ0) is 24.4. The summed E-state index contributed by atoms with van der Waals surface area (Å²) in [7, 11) is 0. The molecule has 180 valence electrons. The summed E-state index contributed by atoms with van der Waals surface area (Å²) in [5.41, 5.74) is 1.94. The quantitative estimate of drug-likeness (QED) is 0.337. The van der Waals surface area contributed by atoms with Crippen LogP contribution in [0.15, 0.2) is 70.7 Å². The zero-order valence-corrected chi connectivity index (χ0v) is 20.2. The number of amides is 1. The highest BCUT2D eigenvalue weighted by Crippen LogP contribution is 2.34. The van der Waals surface area contributed by atoms with Crippen LogP contribution in [0.3, 0.4) is 0 Å². The fourth-order valence-corrected chi connectivity index (χ4v) is 5.46. The Morgan fingerprint density at radius 1 is 1.17 bits per heavy atom. The van der Waals surface area contributed by atoms with Crippen molar-refractivity contribution in [1.29, 1.82) is 0 Å². The van der Waals surface area contributed by atoms with Gasteiger partial charge in [-0.2, -0.15) is 5.10 Å². The van der Waals surface area contributed by atoms with E-state index in [9.17, 15) is 14.0 Å². The second kappa shape index (κ2) is 10.0. The number of halogens is 1. The van der Waals surface area contributed by atoms with E-state index in [-0.39, 0.29) is 29.7 Å². The molecule has 0 radical (unpaired) electrons. The molecule has 0 saturated heterocycles. The molecule has 35 heavy (non-hydrogen) atoms. The Morgan fingerprint density at radius 2 is 1.94 bits per heavy atom. The van der Waals surface area contributed by atoms with Gasteiger partial charge in [0.05, 0.1) is 17.9 Å². The summed E-state index contributed by atoms with van der Waals surface area (Å²) < 4.78 is 16.5. The van der Waals surface area contributed by atoms with Crippen molar-refractivity contribution in [3.63, 3.8) is 0 Å². The monoisotopic (exact) mass is 491 g/mol. The van der Waals surface area contributed by atoms with E-state index >= 15 is 0 Å². The Morgan fingerprint density at radius 3 is 2.69 bits per heavy atom. The van der Waals surface area contributed by atoms with Crippen LogP contribution in [-0.4, -0.2) is 42.4 Å². The number of thioether (sulfide) groups is 1. The van der Waals surface area contributed by atoms with Gasteiger partial charge in [0, 0.05) is 25.3 Å². The minimum Gasteiger partial charge on any atom is -0.338 e. The molecular weight excluding hydrogens is 465 g/mol. The predicted octanol–water partition coefficient (Wildman–Crippen LogP) is 4.59. The van der Waals surface area contributed by atoms with Gasteiger partial charge in [0.15, 0.2) is 10.8 Å². The number of hydrogen-bond donors (Lipinski definition) is 0. The second-order valence-corrected chi connectivity index (χ2v) is 9.65. The van der Waals surface area contributed by atoms with Gasteiger partial charge < -0.3 is 4.90 Å². The first kappa shape index (κ1) is 23.3. The van der Waals surface area contributed by atoms with Gasteiger partial charge in [0.1, 0.15) is 11.2 Å². The fourth-order valence-electron chi connectivity index (χ4n) is 4.33. The summed E-state index contributed by atoms with van der Waals surface area (Å²) in [5, 5.41) is 5.28. The van der Waals surface area contributed by atoms with Crippen LogP contribution in [0.1, 0.15) is 37.8 Å². The first-order valence-corrected chi connectivity index (χ1v) is 12.7. The molecule has 3 heterocycles. The van der Waals surface area contributed by atoms with Crippen LogP contribution in [0, 0.1) is 5.82 Å². The van der Waals surface area contributed by atoms with Crippen molar-refractivity contribution in [2.45, 2.75) is 43.9 Å². The largest absolute Gasteiger partial charge is 0.338 e. The maximum absolute atomic E-state index is 13.4. The normalized spacial score (nSPS) is 14.9. The van der Waals surface area contributed by atoms with Crippen molar-refractivity contribution in [3.05, 3.63) is 82.5 Å². The zero-order valence-electron chi connectivity index (χ0n) is 19.4. The number of hydrogen-bond acceptors (Lipinski definition) is 5. The average Bonchev–Trinajstić information content (AvgIpc) is 3.48. The number of aromatic nitrogens is 4. The van der Waals surface area contributed by atoms with Gasteiger partial charge >= 0.3 is 0 Å². The van der Waals surface area contributed by atoms with Crippen molar-refractivity contribution in [2.24, 2.45) is 0 Å². The van der Waals surface area contributed by atoms with E-state index in [1.807, 2.05) is 35.2 Å². The minimum absolute atomic E-state index is 0.0368. The lowest BCUT2D eigenvalue weighted by atomic mass is 10.1. The lowest BCUT2D eigenvalue weighted by Gasteiger charge is -2.24. The lowest BCUT2D eigenvalue weighted by Crippen LogP contribution is -2.35. The van der Waals surface area contributed by atoms with Crippen molar-refractivity contribution >= 4 is 28.7 Å². The summed E-state index contributed by atoms with van der Waals surface area (Å²) in [6, 6.07) is 15.6. The molecule has 1 aliphatic heterocycles. The smallest absolute Gasteiger partial charge is 0.265 e. The van der Waals surface area contributed by atoms with Crippen molar-refractivity contribution in [2.75, 3.05) is 12.3 Å². The highest BCUT2D eigenvalue weighted by molar-refractivity contribution is 7.99. The topological polar surface area (TPSA) is 73.0 Å². The van der Waals surface area contributed by atoms with Crippen LogP contribution in [0.25, 0.3) is 16.7 Å². The molecule has 1 unspecified atom stereocenters. The molecule has 9 heteroatoms. The molecule has 5 rings (SSSR count). The Kier molecular flexibility index (Phi) is 6.68. The molecule has 1 atom stereocenters. The number of unbranched alkanes of at least 4 members (excludes halogenated alkanes) is 1. The average molecular weight is 492 g/mol. The molecule has 7 nitrogen and oxygen atoms in total. The molecule has 0 fully saturated rings. The van der Waals surface area contributed by atoms with Crippen molar-refractivity contribution in [3.8, 4) is 5.69 Å². The standard InChI is InChI=1S/C26H26FN5O2S/c1-2-3-13-30(16-18-7-5-4-6-8-18)23(33)14-21-17-35-26-29-24-22(25(34)31(21)26)15-28-32(24)20-11-9-19(27)10-12-20/h4-12,15,21H,2-3,13-14,16-17H2,1H3. The minimum atomic E-state index is -0.345. The predicted molar refractivity (Wildman–Crippen MR) is 134 cm³/mol. The van der Waals surface area contributed by atoms with Gasteiger partial charge in [-0.05, 0) is 36.2 Å². The van der Waals surface area contributed by atoms with E-state index in [1.54, 1.807) is 21.4 Å². The molecule has 0 spiro atoms. The Hall–Kier alpha value is -3.46. The van der Waals surface area contributed by atoms with Crippen molar-refractivity contribution in [1.82, 2.24) is 24.2 Å². The molecule has 4 aromatic rings. The molecule has 0 bridgehead atoms. The number of carbonyl (C=O) groups is 1. The molecule has 1 aliphatic rings. The van der Waals surface area contributed by atoms with Gasteiger partial charge in [0.25, 0.3) is 5.56 Å². The van der Waals surface area contributed by atoms with Gasteiger partial charge in [-0.1, -0.05) is 55.4 Å². The molecule has 1 amide bonds. The van der Waals surface area contributed by atoms with Gasteiger partial charge in [-0.3, -0.25) is 14.2 Å². The number of fused-ring (bicyclic) bond motifs is 2. The maximum Gasteiger partial charge on any atom is 0.265 e. The van der Waals surface area contributed by atoms with Gasteiger partial charge in [-0.25, -0.2) is 14.1 Å². The van der Waals surface area contributed by atoms with Crippen LogP contribution in [0.5, 0.6) is 0 Å². The summed E-state index contributed by atoms with van der Waals surface area (Å²) >= 11 is 1.47. The third-order valence-electron chi connectivity index (χ3n) is 6.20. The highest BCUT2D eigenvalue weighted by Gasteiger charge is 2.31. The maximum atomic E-state index is 13.4.